The summed E-state index contributed by atoms with van der Waals surface area (Å²) in [6, 6.07) is 6.62. The number of nitrogens with zero attached hydrogens (tertiary/aromatic N) is 1. The van der Waals surface area contributed by atoms with E-state index in [1.54, 1.807) is 30.0 Å². The SMILES string of the molecule is COC(=O)c1c(S(=O)(=O)NCCc2ccccc2F)sc2c1CCN(C(C)CSC)C2. The largest absolute Gasteiger partial charge is 0.465 e. The minimum Gasteiger partial charge on any atom is -0.465 e. The molecule has 0 fully saturated rings. The Morgan fingerprint density at radius 2 is 2.13 bits per heavy atom. The summed E-state index contributed by atoms with van der Waals surface area (Å²) in [5, 5.41) is 0. The van der Waals surface area contributed by atoms with Crippen molar-refractivity contribution in [3.05, 3.63) is 51.7 Å². The third-order valence-corrected chi connectivity index (χ3v) is 9.38. The molecule has 0 radical (unpaired) electrons. The topological polar surface area (TPSA) is 75.7 Å². The number of halogens is 1. The van der Waals surface area contributed by atoms with Crippen LogP contribution >= 0.6 is 23.1 Å². The molecule has 170 valence electrons. The molecule has 0 bridgehead atoms. The molecule has 10 heteroatoms. The number of thioether (sulfide) groups is 1. The van der Waals surface area contributed by atoms with E-state index in [1.165, 1.54) is 13.2 Å². The Hall–Kier alpha value is -1.46. The van der Waals surface area contributed by atoms with Gasteiger partial charge in [0.05, 0.1) is 12.7 Å². The number of hydrogen-bond donors (Lipinski definition) is 1. The number of carbonyl (C=O) groups excluding carboxylic acids is 1. The van der Waals surface area contributed by atoms with Crippen LogP contribution < -0.4 is 4.72 Å². The van der Waals surface area contributed by atoms with Crippen molar-refractivity contribution in [1.82, 2.24) is 9.62 Å². The normalized spacial score (nSPS) is 15.5. The van der Waals surface area contributed by atoms with Crippen molar-refractivity contribution in [2.75, 3.05) is 32.2 Å². The highest BCUT2D eigenvalue weighted by molar-refractivity contribution is 7.98. The van der Waals surface area contributed by atoms with Crippen molar-refractivity contribution in [2.24, 2.45) is 0 Å². The molecule has 0 spiro atoms. The average Bonchev–Trinajstić information content (AvgIpc) is 3.14. The van der Waals surface area contributed by atoms with Gasteiger partial charge in [-0.15, -0.1) is 11.3 Å². The average molecular weight is 487 g/mol. The van der Waals surface area contributed by atoms with Crippen molar-refractivity contribution in [3.63, 3.8) is 0 Å². The van der Waals surface area contributed by atoms with Gasteiger partial charge in [-0.05, 0) is 43.2 Å². The summed E-state index contributed by atoms with van der Waals surface area (Å²) in [5.74, 6) is -0.0339. The van der Waals surface area contributed by atoms with Crippen LogP contribution in [0.25, 0.3) is 0 Å². The van der Waals surface area contributed by atoms with Crippen LogP contribution in [0.15, 0.2) is 28.5 Å². The first-order valence-corrected chi connectivity index (χ1v) is 13.7. The van der Waals surface area contributed by atoms with Gasteiger partial charge >= 0.3 is 5.97 Å². The van der Waals surface area contributed by atoms with E-state index in [4.69, 9.17) is 4.74 Å². The van der Waals surface area contributed by atoms with Gasteiger partial charge in [0.25, 0.3) is 10.0 Å². The maximum atomic E-state index is 13.8. The number of rotatable bonds is 9. The maximum Gasteiger partial charge on any atom is 0.340 e. The molecule has 2 aromatic rings. The van der Waals surface area contributed by atoms with E-state index in [1.807, 2.05) is 0 Å². The molecule has 0 aliphatic carbocycles. The Morgan fingerprint density at radius 1 is 1.39 bits per heavy atom. The molecular weight excluding hydrogens is 459 g/mol. The molecule has 1 N–H and O–H groups in total. The van der Waals surface area contributed by atoms with E-state index in [-0.39, 0.29) is 28.6 Å². The molecule has 1 unspecified atom stereocenters. The van der Waals surface area contributed by atoms with Gasteiger partial charge in [-0.25, -0.2) is 22.3 Å². The van der Waals surface area contributed by atoms with Gasteiger partial charge in [0.2, 0.25) is 0 Å². The Labute approximate surface area is 191 Å². The van der Waals surface area contributed by atoms with Gasteiger partial charge in [-0.1, -0.05) is 18.2 Å². The minimum atomic E-state index is -3.95. The van der Waals surface area contributed by atoms with E-state index in [0.29, 0.717) is 24.6 Å². The second kappa shape index (κ2) is 10.4. The van der Waals surface area contributed by atoms with Crippen LogP contribution in [0.1, 0.15) is 33.3 Å². The van der Waals surface area contributed by atoms with Crippen molar-refractivity contribution >= 4 is 39.1 Å². The van der Waals surface area contributed by atoms with Crippen LogP contribution in [0.5, 0.6) is 0 Å². The van der Waals surface area contributed by atoms with Crippen molar-refractivity contribution in [1.29, 1.82) is 0 Å². The Kier molecular flexibility index (Phi) is 8.14. The van der Waals surface area contributed by atoms with Crippen LogP contribution in [-0.2, 0) is 34.1 Å². The van der Waals surface area contributed by atoms with E-state index in [0.717, 1.165) is 34.1 Å². The van der Waals surface area contributed by atoms with E-state index in [2.05, 4.69) is 22.8 Å². The van der Waals surface area contributed by atoms with Crippen molar-refractivity contribution in [2.45, 2.75) is 36.6 Å². The summed E-state index contributed by atoms with van der Waals surface area (Å²) in [4.78, 5) is 15.7. The number of fused-ring (bicyclic) bond motifs is 1. The Balaban J connectivity index is 1.84. The summed E-state index contributed by atoms with van der Waals surface area (Å²) >= 11 is 2.90. The number of sulfonamides is 1. The van der Waals surface area contributed by atoms with Gasteiger partial charge in [0, 0.05) is 36.3 Å². The number of esters is 1. The number of thiophene rings is 1. The van der Waals surface area contributed by atoms with Gasteiger partial charge in [-0.2, -0.15) is 11.8 Å². The highest BCUT2D eigenvalue weighted by Crippen LogP contribution is 2.37. The van der Waals surface area contributed by atoms with Crippen LogP contribution in [-0.4, -0.2) is 57.5 Å². The molecule has 31 heavy (non-hydrogen) atoms. The Bertz CT molecular complexity index is 1040. The molecule has 0 saturated heterocycles. The number of ether oxygens (including phenoxy) is 1. The molecule has 1 atom stereocenters. The van der Waals surface area contributed by atoms with Gasteiger partial charge in [0.15, 0.2) is 0 Å². The first-order valence-electron chi connectivity index (χ1n) is 9.97. The molecule has 3 rings (SSSR count). The predicted molar refractivity (Wildman–Crippen MR) is 123 cm³/mol. The van der Waals surface area contributed by atoms with Gasteiger partial charge < -0.3 is 4.74 Å². The second-order valence-electron chi connectivity index (χ2n) is 7.42. The fourth-order valence-corrected chi connectivity index (χ4v) is 7.38. The van der Waals surface area contributed by atoms with E-state index >= 15 is 0 Å². The molecule has 0 saturated carbocycles. The number of benzene rings is 1. The lowest BCUT2D eigenvalue weighted by Gasteiger charge is -2.32. The highest BCUT2D eigenvalue weighted by Gasteiger charge is 2.34. The maximum absolute atomic E-state index is 13.8. The number of hydrogen-bond acceptors (Lipinski definition) is 7. The standard InChI is InChI=1S/C21H27FN2O4S3/c1-14(13-29-3)24-11-9-16-18(12-24)30-21(19(16)20(25)28-2)31(26,27)23-10-8-15-6-4-5-7-17(15)22/h4-7,14,23H,8-13H2,1-3H3. The first kappa shape index (κ1) is 24.2. The molecule has 0 amide bonds. The molecule has 6 nitrogen and oxygen atoms in total. The third-order valence-electron chi connectivity index (χ3n) is 5.36. The zero-order valence-electron chi connectivity index (χ0n) is 17.8. The van der Waals surface area contributed by atoms with Crippen molar-refractivity contribution in [3.8, 4) is 0 Å². The molecule has 2 heterocycles. The lowest BCUT2D eigenvalue weighted by Crippen LogP contribution is -2.38. The van der Waals surface area contributed by atoms with E-state index < -0.39 is 16.0 Å². The minimum absolute atomic E-state index is 0.0164. The molecule has 1 aliphatic heterocycles. The monoisotopic (exact) mass is 486 g/mol. The summed E-state index contributed by atoms with van der Waals surface area (Å²) in [7, 11) is -2.69. The van der Waals surface area contributed by atoms with Crippen LogP contribution in [0, 0.1) is 5.82 Å². The van der Waals surface area contributed by atoms with Gasteiger partial charge in [0.1, 0.15) is 10.0 Å². The first-order chi connectivity index (χ1) is 14.8. The van der Waals surface area contributed by atoms with Crippen molar-refractivity contribution < 1.29 is 22.3 Å². The zero-order chi connectivity index (χ0) is 22.6. The quantitative estimate of drug-likeness (QED) is 0.548. The van der Waals surface area contributed by atoms with Gasteiger partial charge in [-0.3, -0.25) is 4.90 Å². The summed E-state index contributed by atoms with van der Waals surface area (Å²) in [6.45, 7) is 3.55. The molecular formula is C21H27FN2O4S3. The molecule has 1 aliphatic rings. The Morgan fingerprint density at radius 3 is 2.81 bits per heavy atom. The van der Waals surface area contributed by atoms with Crippen LogP contribution in [0.4, 0.5) is 4.39 Å². The summed E-state index contributed by atoms with van der Waals surface area (Å²) in [5.41, 5.74) is 1.33. The molecule has 1 aromatic carbocycles. The zero-order valence-corrected chi connectivity index (χ0v) is 20.3. The highest BCUT2D eigenvalue weighted by atomic mass is 32.2. The predicted octanol–water partition coefficient (Wildman–Crippen LogP) is 3.30. The van der Waals surface area contributed by atoms with Crippen LogP contribution in [0.2, 0.25) is 0 Å². The fraction of sp³-hybridized carbons (Fsp3) is 0.476. The summed E-state index contributed by atoms with van der Waals surface area (Å²) < 4.78 is 47.4. The summed E-state index contributed by atoms with van der Waals surface area (Å²) in [6.07, 6.45) is 2.87. The number of methoxy groups -OCH3 is 1. The fourth-order valence-electron chi connectivity index (χ4n) is 3.71. The lowest BCUT2D eigenvalue weighted by atomic mass is 10.0. The number of nitrogens with one attached hydrogen (secondary N) is 1. The van der Waals surface area contributed by atoms with Crippen LogP contribution in [0.3, 0.4) is 0 Å². The smallest absolute Gasteiger partial charge is 0.340 e. The lowest BCUT2D eigenvalue weighted by molar-refractivity contribution is 0.0595. The molecule has 1 aromatic heterocycles. The number of carbonyl (C=O) groups is 1. The van der Waals surface area contributed by atoms with E-state index in [9.17, 15) is 17.6 Å². The third kappa shape index (κ3) is 5.48. The second-order valence-corrected chi connectivity index (χ2v) is 11.4.